The van der Waals surface area contributed by atoms with Crippen LogP contribution in [0.25, 0.3) is 81.0 Å². The number of hydrogen-bond donors (Lipinski definition) is 0. The SMILES string of the molecule is c1ccc(-c2ccc(-c3ccc(N(c4ccc(-c5ccc6c7c5c5ccccc5n7-c5ccccc5O6)cc4)c4cccc5c4sc4ccccc45)cc3)cc2)cc1. The second-order valence-corrected chi connectivity index (χ2v) is 15.9. The van der Waals surface area contributed by atoms with Crippen LogP contribution in [0.15, 0.2) is 206 Å². The summed E-state index contributed by atoms with van der Waals surface area (Å²) < 4.78 is 11.4. The quantitative estimate of drug-likeness (QED) is 0.168. The van der Waals surface area contributed by atoms with Gasteiger partial charge in [-0.15, -0.1) is 11.3 Å². The Morgan fingerprint density at radius 3 is 1.76 bits per heavy atom. The van der Waals surface area contributed by atoms with Crippen LogP contribution in [0.1, 0.15) is 0 Å². The average Bonchev–Trinajstić information content (AvgIpc) is 3.86. The number of aromatic nitrogens is 1. The van der Waals surface area contributed by atoms with E-state index in [1.165, 1.54) is 70.0 Å². The van der Waals surface area contributed by atoms with Crippen molar-refractivity contribution in [2.45, 2.75) is 0 Å². The Balaban J connectivity index is 0.981. The van der Waals surface area contributed by atoms with E-state index in [1.54, 1.807) is 0 Å². The lowest BCUT2D eigenvalue weighted by molar-refractivity contribution is 0.476. The van der Waals surface area contributed by atoms with E-state index < -0.39 is 0 Å². The molecule has 58 heavy (non-hydrogen) atoms. The first-order valence-corrected chi connectivity index (χ1v) is 20.5. The van der Waals surface area contributed by atoms with Gasteiger partial charge in [0.25, 0.3) is 0 Å². The van der Waals surface area contributed by atoms with Crippen molar-refractivity contribution in [3.05, 3.63) is 206 Å². The van der Waals surface area contributed by atoms with Gasteiger partial charge in [0.05, 0.1) is 27.1 Å². The van der Waals surface area contributed by atoms with Crippen molar-refractivity contribution in [2.75, 3.05) is 4.90 Å². The molecule has 3 nitrogen and oxygen atoms in total. The lowest BCUT2D eigenvalue weighted by Gasteiger charge is -2.26. The van der Waals surface area contributed by atoms with Crippen LogP contribution in [-0.2, 0) is 0 Å². The first-order chi connectivity index (χ1) is 28.8. The molecule has 0 aliphatic carbocycles. The third-order valence-electron chi connectivity index (χ3n) is 11.6. The summed E-state index contributed by atoms with van der Waals surface area (Å²) in [5.74, 6) is 1.75. The lowest BCUT2D eigenvalue weighted by Crippen LogP contribution is -2.10. The van der Waals surface area contributed by atoms with Crippen molar-refractivity contribution < 1.29 is 4.74 Å². The van der Waals surface area contributed by atoms with Crippen LogP contribution < -0.4 is 9.64 Å². The zero-order valence-corrected chi connectivity index (χ0v) is 32.2. The van der Waals surface area contributed by atoms with Crippen molar-refractivity contribution in [2.24, 2.45) is 0 Å². The predicted octanol–water partition coefficient (Wildman–Crippen LogP) is 15.7. The maximum absolute atomic E-state index is 6.51. The van der Waals surface area contributed by atoms with Gasteiger partial charge < -0.3 is 14.2 Å². The minimum atomic E-state index is 0.873. The van der Waals surface area contributed by atoms with Crippen LogP contribution in [0.2, 0.25) is 0 Å². The number of ether oxygens (including phenoxy) is 1. The summed E-state index contributed by atoms with van der Waals surface area (Å²) in [4.78, 5) is 2.41. The zero-order valence-electron chi connectivity index (χ0n) is 31.3. The molecule has 9 aromatic carbocycles. The second kappa shape index (κ2) is 13.1. The first kappa shape index (κ1) is 32.8. The molecule has 0 saturated heterocycles. The van der Waals surface area contributed by atoms with E-state index in [-0.39, 0.29) is 0 Å². The largest absolute Gasteiger partial charge is 0.453 e. The topological polar surface area (TPSA) is 17.4 Å². The molecule has 0 N–H and O–H groups in total. The Bertz CT molecular complexity index is 3340. The Morgan fingerprint density at radius 2 is 1.00 bits per heavy atom. The number of para-hydroxylation sites is 3. The molecule has 1 aliphatic heterocycles. The van der Waals surface area contributed by atoms with Crippen LogP contribution in [0, 0.1) is 0 Å². The highest BCUT2D eigenvalue weighted by atomic mass is 32.1. The molecular formula is C54H34N2OS. The normalized spacial score (nSPS) is 11.9. The van der Waals surface area contributed by atoms with E-state index in [0.717, 1.165) is 39.6 Å². The van der Waals surface area contributed by atoms with Crippen molar-refractivity contribution in [1.29, 1.82) is 0 Å². The Kier molecular flexibility index (Phi) is 7.40. The van der Waals surface area contributed by atoms with Gasteiger partial charge in [-0.2, -0.15) is 0 Å². The fraction of sp³-hybridized carbons (Fsp3) is 0. The van der Waals surface area contributed by atoms with E-state index in [4.69, 9.17) is 4.74 Å². The van der Waals surface area contributed by atoms with Gasteiger partial charge in [0.2, 0.25) is 0 Å². The monoisotopic (exact) mass is 758 g/mol. The highest BCUT2D eigenvalue weighted by Crippen LogP contribution is 2.49. The molecule has 0 radical (unpaired) electrons. The third-order valence-corrected chi connectivity index (χ3v) is 12.8. The van der Waals surface area contributed by atoms with Gasteiger partial charge >= 0.3 is 0 Å². The first-order valence-electron chi connectivity index (χ1n) is 19.7. The van der Waals surface area contributed by atoms with Crippen LogP contribution in [0.3, 0.4) is 0 Å². The van der Waals surface area contributed by atoms with Crippen molar-refractivity contribution >= 4 is 70.4 Å². The maximum atomic E-state index is 6.51. The number of anilines is 3. The minimum absolute atomic E-state index is 0.873. The van der Waals surface area contributed by atoms with E-state index >= 15 is 0 Å². The predicted molar refractivity (Wildman–Crippen MR) is 245 cm³/mol. The van der Waals surface area contributed by atoms with Crippen LogP contribution >= 0.6 is 11.3 Å². The van der Waals surface area contributed by atoms with E-state index in [1.807, 2.05) is 23.5 Å². The number of fused-ring (bicyclic) bond motifs is 8. The summed E-state index contributed by atoms with van der Waals surface area (Å²) >= 11 is 1.86. The molecule has 0 atom stereocenters. The van der Waals surface area contributed by atoms with Crippen molar-refractivity contribution in [1.82, 2.24) is 4.57 Å². The molecule has 11 aromatic rings. The average molecular weight is 759 g/mol. The Labute approximate surface area is 339 Å². The van der Waals surface area contributed by atoms with E-state index in [9.17, 15) is 0 Å². The lowest BCUT2D eigenvalue weighted by atomic mass is 9.98. The van der Waals surface area contributed by atoms with Gasteiger partial charge in [-0.1, -0.05) is 140 Å². The smallest absolute Gasteiger partial charge is 0.152 e. The van der Waals surface area contributed by atoms with E-state index in [2.05, 4.69) is 204 Å². The van der Waals surface area contributed by atoms with Gasteiger partial charge in [0, 0.05) is 37.6 Å². The summed E-state index contributed by atoms with van der Waals surface area (Å²) in [5.41, 5.74) is 13.9. The molecule has 0 saturated carbocycles. The highest BCUT2D eigenvalue weighted by molar-refractivity contribution is 7.26. The van der Waals surface area contributed by atoms with Gasteiger partial charge in [0.15, 0.2) is 11.5 Å². The number of hydrogen-bond acceptors (Lipinski definition) is 3. The molecule has 0 unspecified atom stereocenters. The fourth-order valence-corrected chi connectivity index (χ4v) is 10.1. The minimum Gasteiger partial charge on any atom is -0.453 e. The molecule has 2 aromatic heterocycles. The molecule has 4 heteroatoms. The van der Waals surface area contributed by atoms with Crippen molar-refractivity contribution in [3.8, 4) is 50.6 Å². The zero-order chi connectivity index (χ0) is 38.2. The van der Waals surface area contributed by atoms with E-state index in [0.29, 0.717) is 0 Å². The van der Waals surface area contributed by atoms with Crippen molar-refractivity contribution in [3.63, 3.8) is 0 Å². The number of rotatable bonds is 6. The molecule has 12 rings (SSSR count). The van der Waals surface area contributed by atoms with Crippen LogP contribution in [0.4, 0.5) is 17.1 Å². The Hall–Kier alpha value is -7.40. The standard InChI is InChI=1S/C54H34N2OS/c1-2-11-35(12-3-1)36-21-23-37(24-22-36)38-25-29-40(30-26-38)55(48-18-10-15-44-43-13-5-9-20-51(43)58-54(44)48)41-31-27-39(28-32-41)42-33-34-50-53-52(42)45-14-4-6-16-46(45)56(53)47-17-7-8-19-49(47)57-50/h1-34H. The number of benzene rings is 9. The molecule has 0 fully saturated rings. The van der Waals surface area contributed by atoms with Crippen LogP contribution in [0.5, 0.6) is 11.5 Å². The number of nitrogens with zero attached hydrogens (tertiary/aromatic N) is 2. The summed E-state index contributed by atoms with van der Waals surface area (Å²) in [5, 5.41) is 4.99. The maximum Gasteiger partial charge on any atom is 0.152 e. The third kappa shape index (κ3) is 5.12. The molecule has 3 heterocycles. The summed E-state index contributed by atoms with van der Waals surface area (Å²) in [6, 6.07) is 74.3. The highest BCUT2D eigenvalue weighted by Gasteiger charge is 2.26. The summed E-state index contributed by atoms with van der Waals surface area (Å²) in [6.07, 6.45) is 0. The molecule has 0 amide bonds. The molecular weight excluding hydrogens is 725 g/mol. The summed E-state index contributed by atoms with van der Waals surface area (Å²) in [6.45, 7) is 0. The second-order valence-electron chi connectivity index (χ2n) is 14.9. The van der Waals surface area contributed by atoms with Gasteiger partial charge in [-0.05, 0) is 100 Å². The summed E-state index contributed by atoms with van der Waals surface area (Å²) in [7, 11) is 0. The van der Waals surface area contributed by atoms with Gasteiger partial charge in [-0.25, -0.2) is 0 Å². The number of thiophene rings is 1. The Morgan fingerprint density at radius 1 is 0.414 bits per heavy atom. The van der Waals surface area contributed by atoms with Crippen LogP contribution in [-0.4, -0.2) is 4.57 Å². The van der Waals surface area contributed by atoms with Gasteiger partial charge in [-0.3, -0.25) is 0 Å². The molecule has 272 valence electrons. The van der Waals surface area contributed by atoms with Gasteiger partial charge in [0.1, 0.15) is 0 Å². The fourth-order valence-electron chi connectivity index (χ4n) is 8.90. The molecule has 0 spiro atoms. The molecule has 0 bridgehead atoms. The molecule has 1 aliphatic rings.